The molecule has 0 amide bonds. The molecule has 17 heavy (non-hydrogen) atoms. The quantitative estimate of drug-likeness (QED) is 0.759. The van der Waals surface area contributed by atoms with Crippen LogP contribution in [0.2, 0.25) is 0 Å². The fraction of sp³-hybridized carbons (Fsp3) is 0.417. The van der Waals surface area contributed by atoms with E-state index >= 15 is 0 Å². The van der Waals surface area contributed by atoms with Crippen molar-refractivity contribution < 1.29 is 17.6 Å². The Bertz CT molecular complexity index is 522. The molecule has 0 bridgehead atoms. The van der Waals surface area contributed by atoms with E-state index in [4.69, 9.17) is 0 Å². The lowest BCUT2D eigenvalue weighted by molar-refractivity contribution is 0.110. The number of hydrogen-bond acceptors (Lipinski definition) is 3. The van der Waals surface area contributed by atoms with Crippen LogP contribution in [-0.2, 0) is 15.5 Å². The van der Waals surface area contributed by atoms with Crippen LogP contribution in [0.1, 0.15) is 28.8 Å². The van der Waals surface area contributed by atoms with Crippen LogP contribution < -0.4 is 0 Å². The first kappa shape index (κ1) is 12.2. The summed E-state index contributed by atoms with van der Waals surface area (Å²) in [6.07, 6.45) is 0.472. The molecule has 1 aliphatic rings. The Balaban J connectivity index is 2.36. The van der Waals surface area contributed by atoms with Crippen molar-refractivity contribution in [2.75, 3.05) is 11.5 Å². The Kier molecular flexibility index (Phi) is 3.03. The third kappa shape index (κ3) is 2.39. The van der Waals surface area contributed by atoms with Gasteiger partial charge < -0.3 is 0 Å². The second-order valence-electron chi connectivity index (χ2n) is 4.32. The summed E-state index contributed by atoms with van der Waals surface area (Å²) in [6.45, 7) is 0. The van der Waals surface area contributed by atoms with Gasteiger partial charge in [-0.1, -0.05) is 24.3 Å². The van der Waals surface area contributed by atoms with Crippen LogP contribution >= 0.6 is 0 Å². The van der Waals surface area contributed by atoms with E-state index in [0.717, 1.165) is 0 Å². The Morgan fingerprint density at radius 3 is 2.35 bits per heavy atom. The van der Waals surface area contributed by atoms with Crippen LogP contribution in [0.4, 0.5) is 4.39 Å². The summed E-state index contributed by atoms with van der Waals surface area (Å²) in [5.74, 6) is -0.312. The van der Waals surface area contributed by atoms with E-state index in [0.29, 0.717) is 17.4 Å². The summed E-state index contributed by atoms with van der Waals surface area (Å²) >= 11 is 0. The van der Waals surface area contributed by atoms with Crippen LogP contribution in [0.25, 0.3) is 0 Å². The van der Waals surface area contributed by atoms with Gasteiger partial charge in [0.05, 0.1) is 11.5 Å². The number of carbonyl (C=O) groups is 1. The number of aldehydes is 1. The van der Waals surface area contributed by atoms with E-state index in [9.17, 15) is 17.6 Å². The topological polar surface area (TPSA) is 51.2 Å². The maximum atomic E-state index is 14.7. The molecule has 1 fully saturated rings. The van der Waals surface area contributed by atoms with Crippen LogP contribution in [0.3, 0.4) is 0 Å². The van der Waals surface area contributed by atoms with Gasteiger partial charge in [-0.05, 0) is 18.4 Å². The normalized spacial score (nSPS) is 21.9. The third-order valence-electron chi connectivity index (χ3n) is 3.19. The van der Waals surface area contributed by atoms with Crippen molar-refractivity contribution >= 4 is 16.1 Å². The summed E-state index contributed by atoms with van der Waals surface area (Å²) in [6, 6.07) is 6.43. The number of rotatable bonds is 2. The molecular formula is C12H13FO3S. The molecule has 0 atom stereocenters. The van der Waals surface area contributed by atoms with Crippen molar-refractivity contribution in [2.24, 2.45) is 0 Å². The van der Waals surface area contributed by atoms with Gasteiger partial charge in [-0.3, -0.25) is 4.79 Å². The maximum Gasteiger partial charge on any atom is 0.150 e. The number of hydrogen-bond donors (Lipinski definition) is 0. The molecule has 1 heterocycles. The lowest BCUT2D eigenvalue weighted by atomic mass is 9.87. The molecule has 3 nitrogen and oxygen atoms in total. The van der Waals surface area contributed by atoms with Gasteiger partial charge in [0.15, 0.2) is 9.84 Å². The van der Waals surface area contributed by atoms with Gasteiger partial charge in [-0.25, -0.2) is 12.8 Å². The van der Waals surface area contributed by atoms with Crippen LogP contribution in [0.15, 0.2) is 24.3 Å². The zero-order valence-electron chi connectivity index (χ0n) is 9.23. The van der Waals surface area contributed by atoms with Crippen molar-refractivity contribution in [1.29, 1.82) is 0 Å². The molecule has 0 unspecified atom stereocenters. The van der Waals surface area contributed by atoms with Crippen LogP contribution in [-0.4, -0.2) is 26.2 Å². The van der Waals surface area contributed by atoms with Crippen molar-refractivity contribution in [3.05, 3.63) is 35.4 Å². The van der Waals surface area contributed by atoms with E-state index in [1.54, 1.807) is 24.3 Å². The molecule has 0 saturated carbocycles. The number of halogens is 1. The van der Waals surface area contributed by atoms with Crippen LogP contribution in [0, 0.1) is 0 Å². The van der Waals surface area contributed by atoms with Gasteiger partial charge in [-0.2, -0.15) is 0 Å². The number of benzene rings is 1. The second-order valence-corrected chi connectivity index (χ2v) is 6.63. The SMILES string of the molecule is O=Cc1ccccc1C1(F)CCS(=O)(=O)CC1. The fourth-order valence-corrected chi connectivity index (χ4v) is 3.61. The standard InChI is InChI=1S/C12H13FO3S/c13-12(5-7-17(15,16)8-6-12)11-4-2-1-3-10(11)9-14/h1-4,9H,5-8H2. The summed E-state index contributed by atoms with van der Waals surface area (Å²) in [5.41, 5.74) is -1.08. The summed E-state index contributed by atoms with van der Waals surface area (Å²) < 4.78 is 37.2. The molecule has 0 N–H and O–H groups in total. The molecule has 0 radical (unpaired) electrons. The van der Waals surface area contributed by atoms with Gasteiger partial charge >= 0.3 is 0 Å². The minimum Gasteiger partial charge on any atom is -0.298 e. The predicted molar refractivity (Wildman–Crippen MR) is 62.5 cm³/mol. The molecule has 92 valence electrons. The zero-order valence-corrected chi connectivity index (χ0v) is 10.0. The Morgan fingerprint density at radius 2 is 1.76 bits per heavy atom. The van der Waals surface area contributed by atoms with Crippen molar-refractivity contribution in [3.63, 3.8) is 0 Å². The van der Waals surface area contributed by atoms with E-state index in [-0.39, 0.29) is 24.3 Å². The Labute approximate surface area is 99.6 Å². The first-order chi connectivity index (χ1) is 7.97. The predicted octanol–water partition coefficient (Wildman–Crippen LogP) is 1.87. The highest BCUT2D eigenvalue weighted by atomic mass is 32.2. The minimum absolute atomic E-state index is 0.0693. The highest BCUT2D eigenvalue weighted by Gasteiger charge is 2.40. The minimum atomic E-state index is -3.11. The molecular weight excluding hydrogens is 243 g/mol. The van der Waals surface area contributed by atoms with E-state index < -0.39 is 15.5 Å². The fourth-order valence-electron chi connectivity index (χ4n) is 2.14. The Morgan fingerprint density at radius 1 is 1.18 bits per heavy atom. The number of carbonyl (C=O) groups excluding carboxylic acids is 1. The number of sulfone groups is 1. The van der Waals surface area contributed by atoms with E-state index in [1.165, 1.54) is 0 Å². The Hall–Kier alpha value is -1.23. The van der Waals surface area contributed by atoms with Gasteiger partial charge in [0.1, 0.15) is 12.0 Å². The summed E-state index contributed by atoms with van der Waals surface area (Å²) in [4.78, 5) is 10.9. The molecule has 1 aromatic rings. The number of alkyl halides is 1. The first-order valence-corrected chi connectivity index (χ1v) is 7.23. The molecule has 5 heteroatoms. The maximum absolute atomic E-state index is 14.7. The second kappa shape index (κ2) is 4.22. The largest absolute Gasteiger partial charge is 0.298 e. The monoisotopic (exact) mass is 256 g/mol. The molecule has 0 spiro atoms. The third-order valence-corrected chi connectivity index (χ3v) is 4.84. The lowest BCUT2D eigenvalue weighted by Crippen LogP contribution is -2.34. The van der Waals surface area contributed by atoms with Gasteiger partial charge in [0, 0.05) is 5.56 Å². The van der Waals surface area contributed by atoms with Crippen molar-refractivity contribution in [1.82, 2.24) is 0 Å². The molecule has 1 aliphatic heterocycles. The molecule has 0 aliphatic carbocycles. The summed E-state index contributed by atoms with van der Waals surface area (Å²) in [7, 11) is -3.11. The van der Waals surface area contributed by atoms with Crippen LogP contribution in [0.5, 0.6) is 0 Å². The average molecular weight is 256 g/mol. The molecule has 2 rings (SSSR count). The molecule has 0 aromatic heterocycles. The highest BCUT2D eigenvalue weighted by molar-refractivity contribution is 7.91. The highest BCUT2D eigenvalue weighted by Crippen LogP contribution is 2.38. The van der Waals surface area contributed by atoms with E-state index in [2.05, 4.69) is 0 Å². The average Bonchev–Trinajstić information content (AvgIpc) is 2.33. The zero-order chi connectivity index (χ0) is 12.5. The smallest absolute Gasteiger partial charge is 0.150 e. The first-order valence-electron chi connectivity index (χ1n) is 5.41. The van der Waals surface area contributed by atoms with Gasteiger partial charge in [-0.15, -0.1) is 0 Å². The van der Waals surface area contributed by atoms with Gasteiger partial charge in [0.25, 0.3) is 0 Å². The summed E-state index contributed by atoms with van der Waals surface area (Å²) in [5, 5.41) is 0. The lowest BCUT2D eigenvalue weighted by Gasteiger charge is -2.30. The van der Waals surface area contributed by atoms with Gasteiger partial charge in [0.2, 0.25) is 0 Å². The molecule has 1 saturated heterocycles. The van der Waals surface area contributed by atoms with E-state index in [1.807, 2.05) is 0 Å². The van der Waals surface area contributed by atoms with Crippen molar-refractivity contribution in [2.45, 2.75) is 18.5 Å². The molecule has 1 aromatic carbocycles. The van der Waals surface area contributed by atoms with Crippen molar-refractivity contribution in [3.8, 4) is 0 Å².